The number of halogens is 1. The van der Waals surface area contributed by atoms with E-state index in [2.05, 4.69) is 15.1 Å². The fourth-order valence-corrected chi connectivity index (χ4v) is 4.24. The molecule has 0 saturated carbocycles. The number of nitro groups is 1. The monoisotopic (exact) mass is 408 g/mol. The lowest BCUT2D eigenvalue weighted by Crippen LogP contribution is -2.48. The molecule has 7 nitrogen and oxygen atoms in total. The van der Waals surface area contributed by atoms with Crippen molar-refractivity contribution >= 4 is 40.2 Å². The van der Waals surface area contributed by atoms with E-state index in [9.17, 15) is 14.9 Å². The molecule has 1 aliphatic heterocycles. The maximum absolute atomic E-state index is 12.4. The van der Waals surface area contributed by atoms with E-state index < -0.39 is 4.92 Å². The van der Waals surface area contributed by atoms with Gasteiger partial charge >= 0.3 is 0 Å². The van der Waals surface area contributed by atoms with Crippen molar-refractivity contribution in [3.8, 4) is 0 Å². The van der Waals surface area contributed by atoms with Crippen LogP contribution in [-0.2, 0) is 11.3 Å². The van der Waals surface area contributed by atoms with Gasteiger partial charge in [0.15, 0.2) is 0 Å². The smallest absolute Gasteiger partial charge is 0.293 e. The molecule has 0 aliphatic carbocycles. The molecule has 0 radical (unpaired) electrons. The molecule has 0 bridgehead atoms. The van der Waals surface area contributed by atoms with E-state index in [-0.39, 0.29) is 23.8 Å². The number of nitrogens with one attached hydrogen (secondary N) is 1. The van der Waals surface area contributed by atoms with Crippen molar-refractivity contribution in [2.24, 2.45) is 0 Å². The van der Waals surface area contributed by atoms with Crippen molar-refractivity contribution in [3.63, 3.8) is 0 Å². The van der Waals surface area contributed by atoms with Gasteiger partial charge in [0, 0.05) is 43.7 Å². The molecule has 1 N–H and O–H groups in total. The Morgan fingerprint density at radius 3 is 2.56 bits per heavy atom. The summed E-state index contributed by atoms with van der Waals surface area (Å²) in [5, 5.41) is 13.9. The van der Waals surface area contributed by atoms with Crippen molar-refractivity contribution in [1.82, 2.24) is 9.80 Å². The predicted octanol–water partition coefficient (Wildman–Crippen LogP) is 3.37. The first kappa shape index (κ1) is 19.8. The van der Waals surface area contributed by atoms with Crippen LogP contribution in [0.4, 0.5) is 11.4 Å². The summed E-state index contributed by atoms with van der Waals surface area (Å²) in [6.07, 6.45) is 0. The average Bonchev–Trinajstić information content (AvgIpc) is 3.03. The van der Waals surface area contributed by atoms with Gasteiger partial charge in [-0.15, -0.1) is 11.3 Å². The van der Waals surface area contributed by atoms with Crippen LogP contribution in [0.1, 0.15) is 10.4 Å². The standard InChI is InChI=1S/C18H21ClN4O3S/c1-13-3-2-4-15(23(25)26)18(13)20-17(24)12-22-9-7-21(8-10-22)11-14-5-6-16(19)27-14/h2-6H,7-12H2,1H3,(H,20,24). The molecule has 0 spiro atoms. The van der Waals surface area contributed by atoms with Gasteiger partial charge in [0.1, 0.15) is 5.69 Å². The van der Waals surface area contributed by atoms with Gasteiger partial charge in [0.2, 0.25) is 5.91 Å². The van der Waals surface area contributed by atoms with E-state index in [0.29, 0.717) is 5.56 Å². The summed E-state index contributed by atoms with van der Waals surface area (Å²) >= 11 is 7.56. The Kier molecular flexibility index (Phi) is 6.43. The molecule has 9 heteroatoms. The highest BCUT2D eigenvalue weighted by atomic mass is 35.5. The summed E-state index contributed by atoms with van der Waals surface area (Å²) in [6.45, 7) is 6.14. The Bertz CT molecular complexity index is 834. The van der Waals surface area contributed by atoms with Crippen LogP contribution in [0.2, 0.25) is 4.34 Å². The molecular weight excluding hydrogens is 388 g/mol. The minimum Gasteiger partial charge on any atom is -0.319 e. The normalized spacial score (nSPS) is 15.6. The predicted molar refractivity (Wildman–Crippen MR) is 108 cm³/mol. The second-order valence-corrected chi connectivity index (χ2v) is 8.33. The number of piperazine rings is 1. The number of nitrogens with zero attached hydrogens (tertiary/aromatic N) is 3. The van der Waals surface area contributed by atoms with Gasteiger partial charge < -0.3 is 5.32 Å². The SMILES string of the molecule is Cc1cccc([N+](=O)[O-])c1NC(=O)CN1CCN(Cc2ccc(Cl)s2)CC1. The molecule has 2 aromatic rings. The number of anilines is 1. The van der Waals surface area contributed by atoms with Crippen LogP contribution in [-0.4, -0.2) is 53.4 Å². The lowest BCUT2D eigenvalue weighted by atomic mass is 10.1. The highest BCUT2D eigenvalue weighted by Crippen LogP contribution is 2.27. The molecule has 144 valence electrons. The highest BCUT2D eigenvalue weighted by molar-refractivity contribution is 7.16. The van der Waals surface area contributed by atoms with Crippen LogP contribution in [0, 0.1) is 17.0 Å². The first-order valence-electron chi connectivity index (χ1n) is 8.65. The third kappa shape index (κ3) is 5.26. The van der Waals surface area contributed by atoms with Gasteiger partial charge in [-0.05, 0) is 24.6 Å². The van der Waals surface area contributed by atoms with Crippen molar-refractivity contribution in [2.75, 3.05) is 38.0 Å². The zero-order chi connectivity index (χ0) is 19.4. The van der Waals surface area contributed by atoms with Gasteiger partial charge in [-0.2, -0.15) is 0 Å². The molecule has 1 fully saturated rings. The fraction of sp³-hybridized carbons (Fsp3) is 0.389. The number of benzene rings is 1. The summed E-state index contributed by atoms with van der Waals surface area (Å²) in [6, 6.07) is 8.72. The van der Waals surface area contributed by atoms with E-state index in [1.54, 1.807) is 30.4 Å². The second kappa shape index (κ2) is 8.79. The average molecular weight is 409 g/mol. The van der Waals surface area contributed by atoms with Crippen LogP contribution < -0.4 is 5.32 Å². The van der Waals surface area contributed by atoms with Crippen molar-refractivity contribution < 1.29 is 9.72 Å². The molecule has 1 aliphatic rings. The van der Waals surface area contributed by atoms with Crippen LogP contribution >= 0.6 is 22.9 Å². The lowest BCUT2D eigenvalue weighted by molar-refractivity contribution is -0.384. The van der Waals surface area contributed by atoms with E-state index in [0.717, 1.165) is 37.1 Å². The van der Waals surface area contributed by atoms with Gasteiger partial charge in [-0.3, -0.25) is 24.7 Å². The zero-order valence-corrected chi connectivity index (χ0v) is 16.6. The van der Waals surface area contributed by atoms with Crippen molar-refractivity contribution in [2.45, 2.75) is 13.5 Å². The molecule has 1 amide bonds. The van der Waals surface area contributed by atoms with Crippen LogP contribution in [0.5, 0.6) is 0 Å². The Morgan fingerprint density at radius 1 is 1.22 bits per heavy atom. The van der Waals surface area contributed by atoms with E-state index in [1.165, 1.54) is 10.9 Å². The molecule has 1 aromatic carbocycles. The van der Waals surface area contributed by atoms with Crippen LogP contribution in [0.3, 0.4) is 0 Å². The first-order chi connectivity index (χ1) is 12.9. The topological polar surface area (TPSA) is 78.7 Å². The third-order valence-corrected chi connectivity index (χ3v) is 5.77. The molecular formula is C18H21ClN4O3S. The highest BCUT2D eigenvalue weighted by Gasteiger charge is 2.22. The zero-order valence-electron chi connectivity index (χ0n) is 15.0. The van der Waals surface area contributed by atoms with Crippen LogP contribution in [0.15, 0.2) is 30.3 Å². The van der Waals surface area contributed by atoms with Crippen molar-refractivity contribution in [3.05, 3.63) is 55.2 Å². The number of para-hydroxylation sites is 1. The first-order valence-corrected chi connectivity index (χ1v) is 9.84. The minimum absolute atomic E-state index is 0.0808. The Labute approximate surface area is 166 Å². The number of rotatable bonds is 6. The molecule has 3 rings (SSSR count). The fourth-order valence-electron chi connectivity index (χ4n) is 3.11. The molecule has 0 atom stereocenters. The molecule has 1 aromatic heterocycles. The lowest BCUT2D eigenvalue weighted by Gasteiger charge is -2.34. The van der Waals surface area contributed by atoms with Crippen molar-refractivity contribution in [1.29, 1.82) is 0 Å². The largest absolute Gasteiger partial charge is 0.319 e. The maximum Gasteiger partial charge on any atom is 0.293 e. The minimum atomic E-state index is -0.474. The third-order valence-electron chi connectivity index (χ3n) is 4.55. The quantitative estimate of drug-likeness (QED) is 0.585. The number of amides is 1. The number of carbonyl (C=O) groups is 1. The number of hydrogen-bond acceptors (Lipinski definition) is 6. The summed E-state index contributed by atoms with van der Waals surface area (Å²) in [5.74, 6) is -0.231. The van der Waals surface area contributed by atoms with E-state index >= 15 is 0 Å². The number of aryl methyl sites for hydroxylation is 1. The van der Waals surface area contributed by atoms with Gasteiger partial charge in [0.05, 0.1) is 15.8 Å². The number of carbonyl (C=O) groups excluding carboxylic acids is 1. The Morgan fingerprint density at radius 2 is 1.93 bits per heavy atom. The molecule has 2 heterocycles. The molecule has 27 heavy (non-hydrogen) atoms. The number of hydrogen-bond donors (Lipinski definition) is 1. The summed E-state index contributed by atoms with van der Waals surface area (Å²) < 4.78 is 0.797. The molecule has 0 unspecified atom stereocenters. The summed E-state index contributed by atoms with van der Waals surface area (Å²) in [7, 11) is 0. The summed E-state index contributed by atoms with van der Waals surface area (Å²) in [5.41, 5.74) is 0.875. The summed E-state index contributed by atoms with van der Waals surface area (Å²) in [4.78, 5) is 28.7. The maximum atomic E-state index is 12.4. The second-order valence-electron chi connectivity index (χ2n) is 6.53. The number of thiophene rings is 1. The number of nitro benzene ring substituents is 1. The Hall–Kier alpha value is -2.00. The molecule has 1 saturated heterocycles. The van der Waals surface area contributed by atoms with E-state index in [1.807, 2.05) is 12.1 Å². The van der Waals surface area contributed by atoms with Gasteiger partial charge in [0.25, 0.3) is 5.69 Å². The van der Waals surface area contributed by atoms with Gasteiger partial charge in [-0.1, -0.05) is 23.7 Å². The van der Waals surface area contributed by atoms with E-state index in [4.69, 9.17) is 11.6 Å². The van der Waals surface area contributed by atoms with Gasteiger partial charge in [-0.25, -0.2) is 0 Å². The Balaban J connectivity index is 1.51. The van der Waals surface area contributed by atoms with Crippen LogP contribution in [0.25, 0.3) is 0 Å².